The first-order valence-corrected chi connectivity index (χ1v) is 9.13. The van der Waals surface area contributed by atoms with Crippen LogP contribution in [0.15, 0.2) is 54.6 Å². The third kappa shape index (κ3) is 5.63. The van der Waals surface area contributed by atoms with E-state index in [2.05, 4.69) is 15.4 Å². The van der Waals surface area contributed by atoms with Crippen molar-refractivity contribution in [2.45, 2.75) is 19.3 Å². The Hall–Kier alpha value is -3.27. The summed E-state index contributed by atoms with van der Waals surface area (Å²) in [6.07, 6.45) is -4.47. The maximum Gasteiger partial charge on any atom is 0.416 e. The lowest BCUT2D eigenvalue weighted by molar-refractivity contribution is -0.137. The monoisotopic (exact) mass is 419 g/mol. The largest absolute Gasteiger partial charge is 0.416 e. The Kier molecular flexibility index (Phi) is 6.78. The summed E-state index contributed by atoms with van der Waals surface area (Å²) in [7, 11) is 1.55. The van der Waals surface area contributed by atoms with Crippen LogP contribution in [0, 0.1) is 0 Å². The van der Waals surface area contributed by atoms with Crippen molar-refractivity contribution in [3.63, 3.8) is 0 Å². The fraction of sp³-hybridized carbons (Fsp3) is 0.300. The summed E-state index contributed by atoms with van der Waals surface area (Å²) in [5.41, 5.74) is 0.322. The number of hydrogen-bond acceptors (Lipinski definition) is 5. The van der Waals surface area contributed by atoms with E-state index in [0.717, 1.165) is 22.5 Å². The third-order valence-corrected chi connectivity index (χ3v) is 4.31. The van der Waals surface area contributed by atoms with Crippen molar-refractivity contribution in [3.05, 3.63) is 65.7 Å². The van der Waals surface area contributed by atoms with Gasteiger partial charge in [0.1, 0.15) is 6.54 Å². The summed E-state index contributed by atoms with van der Waals surface area (Å²) in [6.45, 7) is 0.930. The Morgan fingerprint density at radius 1 is 1.13 bits per heavy atom. The highest BCUT2D eigenvalue weighted by atomic mass is 19.4. The third-order valence-electron chi connectivity index (χ3n) is 4.31. The molecule has 2 aromatic carbocycles. The molecular weight excluding hydrogens is 399 g/mol. The van der Waals surface area contributed by atoms with Crippen LogP contribution in [0.5, 0.6) is 0 Å². The van der Waals surface area contributed by atoms with E-state index in [0.29, 0.717) is 19.7 Å². The molecule has 0 atom stereocenters. The second-order valence-corrected chi connectivity index (χ2v) is 6.52. The first kappa shape index (κ1) is 21.4. The van der Waals surface area contributed by atoms with Gasteiger partial charge in [0, 0.05) is 25.8 Å². The average Bonchev–Trinajstić information content (AvgIpc) is 3.20. The molecule has 0 spiro atoms. The molecule has 0 bridgehead atoms. The Balaban J connectivity index is 1.72. The van der Waals surface area contributed by atoms with Crippen molar-refractivity contribution >= 4 is 5.91 Å². The zero-order valence-corrected chi connectivity index (χ0v) is 16.2. The van der Waals surface area contributed by atoms with Crippen LogP contribution in [0.2, 0.25) is 0 Å². The molecule has 30 heavy (non-hydrogen) atoms. The Labute approximate surface area is 171 Å². The van der Waals surface area contributed by atoms with Crippen LogP contribution in [-0.4, -0.2) is 51.3 Å². The number of alkyl halides is 3. The number of carbonyl (C=O) groups is 1. The van der Waals surface area contributed by atoms with E-state index in [-0.39, 0.29) is 23.8 Å². The highest BCUT2D eigenvalue weighted by Gasteiger charge is 2.30. The number of halogens is 3. The molecule has 0 aliphatic carbocycles. The van der Waals surface area contributed by atoms with Crippen molar-refractivity contribution in [1.82, 2.24) is 25.1 Å². The number of amides is 1. The SMILES string of the molecule is COCCN(Cc1ccccc1)C(=O)Cn1nnc(-c2cccc(C(F)(F)F)c2)n1. The maximum atomic E-state index is 12.9. The molecule has 0 radical (unpaired) electrons. The molecule has 3 rings (SSSR count). The van der Waals surface area contributed by atoms with Gasteiger partial charge >= 0.3 is 6.18 Å². The first-order chi connectivity index (χ1) is 14.4. The van der Waals surface area contributed by atoms with E-state index in [4.69, 9.17) is 4.74 Å². The number of nitrogens with zero attached hydrogens (tertiary/aromatic N) is 5. The molecule has 0 aliphatic rings. The minimum Gasteiger partial charge on any atom is -0.383 e. The van der Waals surface area contributed by atoms with Crippen molar-refractivity contribution in [2.24, 2.45) is 0 Å². The van der Waals surface area contributed by atoms with E-state index in [1.165, 1.54) is 12.1 Å². The Bertz CT molecular complexity index is 976. The molecular formula is C20H20F3N5O2. The van der Waals surface area contributed by atoms with Gasteiger partial charge in [-0.15, -0.1) is 10.2 Å². The number of tetrazole rings is 1. The van der Waals surface area contributed by atoms with Crippen LogP contribution >= 0.6 is 0 Å². The topological polar surface area (TPSA) is 73.1 Å². The summed E-state index contributed by atoms with van der Waals surface area (Å²) in [4.78, 5) is 15.4. The molecule has 158 valence electrons. The quantitative estimate of drug-likeness (QED) is 0.561. The number of benzene rings is 2. The summed E-state index contributed by atoms with van der Waals surface area (Å²) in [5, 5.41) is 11.7. The highest BCUT2D eigenvalue weighted by molar-refractivity contribution is 5.75. The zero-order chi connectivity index (χ0) is 21.6. The van der Waals surface area contributed by atoms with Gasteiger partial charge in [0.2, 0.25) is 11.7 Å². The van der Waals surface area contributed by atoms with Gasteiger partial charge in [0.15, 0.2) is 0 Å². The molecule has 3 aromatic rings. The van der Waals surface area contributed by atoms with Gasteiger partial charge in [0.05, 0.1) is 12.2 Å². The average molecular weight is 419 g/mol. The predicted molar refractivity (Wildman–Crippen MR) is 102 cm³/mol. The Morgan fingerprint density at radius 2 is 1.90 bits per heavy atom. The standard InChI is InChI=1S/C20H20F3N5O2/c1-30-11-10-27(13-15-6-3-2-4-7-15)18(29)14-28-25-19(24-26-28)16-8-5-9-17(12-16)20(21,22)23/h2-9,12H,10-11,13-14H2,1H3. The molecule has 0 saturated heterocycles. The molecule has 0 aliphatic heterocycles. The van der Waals surface area contributed by atoms with Gasteiger partial charge < -0.3 is 9.64 Å². The molecule has 1 amide bonds. The van der Waals surface area contributed by atoms with E-state index in [9.17, 15) is 18.0 Å². The van der Waals surface area contributed by atoms with Gasteiger partial charge in [-0.1, -0.05) is 42.5 Å². The molecule has 0 fully saturated rings. The van der Waals surface area contributed by atoms with E-state index >= 15 is 0 Å². The van der Waals surface area contributed by atoms with Gasteiger partial charge in [-0.25, -0.2) is 0 Å². The van der Waals surface area contributed by atoms with Crippen LogP contribution in [0.3, 0.4) is 0 Å². The zero-order valence-electron chi connectivity index (χ0n) is 16.2. The fourth-order valence-electron chi connectivity index (χ4n) is 2.78. The number of ether oxygens (including phenoxy) is 1. The lowest BCUT2D eigenvalue weighted by atomic mass is 10.1. The molecule has 0 saturated carbocycles. The number of hydrogen-bond donors (Lipinski definition) is 0. The van der Waals surface area contributed by atoms with Crippen LogP contribution in [0.1, 0.15) is 11.1 Å². The van der Waals surface area contributed by atoms with Gasteiger partial charge in [-0.2, -0.15) is 18.0 Å². The van der Waals surface area contributed by atoms with Gasteiger partial charge in [-0.05, 0) is 22.9 Å². The lowest BCUT2D eigenvalue weighted by Crippen LogP contribution is -2.36. The number of rotatable bonds is 8. The highest BCUT2D eigenvalue weighted by Crippen LogP contribution is 2.31. The van der Waals surface area contributed by atoms with Gasteiger partial charge in [0.25, 0.3) is 0 Å². The van der Waals surface area contributed by atoms with Crippen molar-refractivity contribution in [3.8, 4) is 11.4 Å². The lowest BCUT2D eigenvalue weighted by Gasteiger charge is -2.22. The van der Waals surface area contributed by atoms with E-state index in [1.807, 2.05) is 30.3 Å². The summed E-state index contributed by atoms with van der Waals surface area (Å²) in [5.74, 6) is -0.246. The van der Waals surface area contributed by atoms with Crippen LogP contribution in [0.4, 0.5) is 13.2 Å². The summed E-state index contributed by atoms with van der Waals surface area (Å²) >= 11 is 0. The minimum absolute atomic E-state index is 0.0143. The summed E-state index contributed by atoms with van der Waals surface area (Å²) < 4.78 is 43.8. The fourth-order valence-corrected chi connectivity index (χ4v) is 2.78. The van der Waals surface area contributed by atoms with Crippen LogP contribution in [0.25, 0.3) is 11.4 Å². The number of carbonyl (C=O) groups excluding carboxylic acids is 1. The second-order valence-electron chi connectivity index (χ2n) is 6.52. The van der Waals surface area contributed by atoms with Crippen molar-refractivity contribution in [1.29, 1.82) is 0 Å². The smallest absolute Gasteiger partial charge is 0.383 e. The molecule has 7 nitrogen and oxygen atoms in total. The molecule has 0 N–H and O–H groups in total. The van der Waals surface area contributed by atoms with Crippen molar-refractivity contribution < 1.29 is 22.7 Å². The van der Waals surface area contributed by atoms with Crippen LogP contribution < -0.4 is 0 Å². The van der Waals surface area contributed by atoms with E-state index < -0.39 is 11.7 Å². The van der Waals surface area contributed by atoms with Crippen molar-refractivity contribution in [2.75, 3.05) is 20.3 Å². The maximum absolute atomic E-state index is 12.9. The molecule has 10 heteroatoms. The molecule has 1 aromatic heterocycles. The second kappa shape index (κ2) is 9.49. The van der Waals surface area contributed by atoms with E-state index in [1.54, 1.807) is 12.0 Å². The van der Waals surface area contributed by atoms with Crippen LogP contribution in [-0.2, 0) is 28.8 Å². The number of methoxy groups -OCH3 is 1. The predicted octanol–water partition coefficient (Wildman–Crippen LogP) is 3.03. The molecule has 1 heterocycles. The summed E-state index contributed by atoms with van der Waals surface area (Å²) in [6, 6.07) is 14.1. The normalized spacial score (nSPS) is 11.5. The molecule has 0 unspecified atom stereocenters. The first-order valence-electron chi connectivity index (χ1n) is 9.13. The Morgan fingerprint density at radius 3 is 2.60 bits per heavy atom. The van der Waals surface area contributed by atoms with Gasteiger partial charge in [-0.3, -0.25) is 4.79 Å². The number of aromatic nitrogens is 4. The minimum atomic E-state index is -4.47.